The van der Waals surface area contributed by atoms with Crippen LogP contribution < -0.4 is 10.2 Å². The first-order chi connectivity index (χ1) is 9.20. The number of allylic oxidation sites excluding steroid dienone is 1. The van der Waals surface area contributed by atoms with Gasteiger partial charge < -0.3 is 14.6 Å². The largest absolute Gasteiger partial charge is 0.462 e. The van der Waals surface area contributed by atoms with Gasteiger partial charge in [0, 0.05) is 30.2 Å². The molecule has 0 radical (unpaired) electrons. The average molecular weight is 281 g/mol. The van der Waals surface area contributed by atoms with Crippen LogP contribution in [0, 0.1) is 5.82 Å². The van der Waals surface area contributed by atoms with E-state index in [9.17, 15) is 4.39 Å². The molecule has 2 heterocycles. The fourth-order valence-electron chi connectivity index (χ4n) is 2.38. The third-order valence-electron chi connectivity index (χ3n) is 3.39. The van der Waals surface area contributed by atoms with Crippen LogP contribution in [0.2, 0.25) is 5.02 Å². The van der Waals surface area contributed by atoms with Crippen molar-refractivity contribution >= 4 is 28.3 Å². The van der Waals surface area contributed by atoms with Crippen LogP contribution in [0.3, 0.4) is 0 Å². The Labute approximate surface area is 115 Å². The maximum absolute atomic E-state index is 13.9. The normalized spacial score (nSPS) is 18.1. The number of nitrogens with zero attached hydrogens (tertiary/aromatic N) is 1. The Hall–Kier alpha value is -1.68. The van der Waals surface area contributed by atoms with Gasteiger partial charge in [-0.3, -0.25) is 0 Å². The SMILES string of the molecule is C/C=C1\CN(c2cc(F)c(Cl)c3ccoc23)CCN1. The highest BCUT2D eigenvalue weighted by Gasteiger charge is 2.20. The monoisotopic (exact) mass is 280 g/mol. The summed E-state index contributed by atoms with van der Waals surface area (Å²) in [6, 6.07) is 3.15. The number of halogens is 2. The number of anilines is 1. The quantitative estimate of drug-likeness (QED) is 0.866. The Bertz CT molecular complexity index is 650. The van der Waals surface area contributed by atoms with E-state index < -0.39 is 5.82 Å². The molecule has 0 unspecified atom stereocenters. The number of rotatable bonds is 1. The summed E-state index contributed by atoms with van der Waals surface area (Å²) in [7, 11) is 0. The standard InChI is InChI=1S/C14H14ClFN2O/c1-2-9-8-18(5-4-17-9)12-7-11(16)13(15)10-3-6-19-14(10)12/h2-3,6-7,17H,4-5,8H2,1H3/b9-2+. The molecule has 1 aromatic carbocycles. The Morgan fingerprint density at radius 2 is 2.37 bits per heavy atom. The van der Waals surface area contributed by atoms with Crippen LogP contribution in [0.1, 0.15) is 6.92 Å². The summed E-state index contributed by atoms with van der Waals surface area (Å²) in [6.45, 7) is 4.32. The molecule has 5 heteroatoms. The zero-order valence-corrected chi connectivity index (χ0v) is 11.3. The molecule has 1 N–H and O–H groups in total. The lowest BCUT2D eigenvalue weighted by molar-refractivity contribution is 0.599. The molecule has 0 aliphatic carbocycles. The van der Waals surface area contributed by atoms with Gasteiger partial charge >= 0.3 is 0 Å². The van der Waals surface area contributed by atoms with E-state index in [1.54, 1.807) is 6.07 Å². The minimum Gasteiger partial charge on any atom is -0.462 e. The number of furan rings is 1. The number of nitrogens with one attached hydrogen (secondary N) is 1. The molecule has 3 nitrogen and oxygen atoms in total. The van der Waals surface area contributed by atoms with Gasteiger partial charge in [-0.05, 0) is 13.0 Å². The molecule has 3 rings (SSSR count). The third kappa shape index (κ3) is 2.06. The highest BCUT2D eigenvalue weighted by Crippen LogP contribution is 2.35. The molecule has 19 heavy (non-hydrogen) atoms. The molecule has 1 aromatic heterocycles. The van der Waals surface area contributed by atoms with Crippen molar-refractivity contribution in [3.05, 3.63) is 41.0 Å². The number of hydrogen-bond acceptors (Lipinski definition) is 3. The molecule has 0 amide bonds. The van der Waals surface area contributed by atoms with Crippen LogP contribution in [0.25, 0.3) is 11.0 Å². The Morgan fingerprint density at radius 1 is 1.53 bits per heavy atom. The molecule has 1 fully saturated rings. The van der Waals surface area contributed by atoms with E-state index in [1.165, 1.54) is 12.3 Å². The van der Waals surface area contributed by atoms with Gasteiger partial charge in [0.15, 0.2) is 5.58 Å². The van der Waals surface area contributed by atoms with E-state index in [-0.39, 0.29) is 5.02 Å². The van der Waals surface area contributed by atoms with Crippen molar-refractivity contribution in [3.63, 3.8) is 0 Å². The zero-order valence-electron chi connectivity index (χ0n) is 10.5. The Morgan fingerprint density at radius 3 is 3.16 bits per heavy atom. The van der Waals surface area contributed by atoms with Gasteiger partial charge in [-0.15, -0.1) is 0 Å². The van der Waals surface area contributed by atoms with Crippen molar-refractivity contribution < 1.29 is 8.81 Å². The van der Waals surface area contributed by atoms with Gasteiger partial charge in [0.05, 0.1) is 23.5 Å². The minimum absolute atomic E-state index is 0.119. The van der Waals surface area contributed by atoms with Crippen LogP contribution in [-0.2, 0) is 0 Å². The predicted molar refractivity (Wildman–Crippen MR) is 75.2 cm³/mol. The van der Waals surface area contributed by atoms with E-state index in [1.807, 2.05) is 13.0 Å². The summed E-state index contributed by atoms with van der Waals surface area (Å²) < 4.78 is 19.4. The van der Waals surface area contributed by atoms with E-state index in [0.29, 0.717) is 17.5 Å². The molecule has 0 atom stereocenters. The number of fused-ring (bicyclic) bond motifs is 1. The van der Waals surface area contributed by atoms with Crippen molar-refractivity contribution in [1.82, 2.24) is 5.32 Å². The fraction of sp³-hybridized carbons (Fsp3) is 0.286. The van der Waals surface area contributed by atoms with Crippen molar-refractivity contribution in [2.75, 3.05) is 24.5 Å². The molecule has 100 valence electrons. The van der Waals surface area contributed by atoms with Gasteiger partial charge in [-0.1, -0.05) is 17.7 Å². The molecule has 0 saturated carbocycles. The van der Waals surface area contributed by atoms with Crippen molar-refractivity contribution in [2.24, 2.45) is 0 Å². The van der Waals surface area contributed by atoms with Crippen LogP contribution >= 0.6 is 11.6 Å². The molecule has 1 saturated heterocycles. The lowest BCUT2D eigenvalue weighted by Crippen LogP contribution is -2.42. The second-order valence-corrected chi connectivity index (χ2v) is 4.90. The highest BCUT2D eigenvalue weighted by molar-refractivity contribution is 6.35. The Balaban J connectivity index is 2.09. The van der Waals surface area contributed by atoms with Crippen LogP contribution in [0.5, 0.6) is 0 Å². The molecule has 1 aliphatic heterocycles. The lowest BCUT2D eigenvalue weighted by atomic mass is 10.1. The van der Waals surface area contributed by atoms with E-state index in [4.69, 9.17) is 16.0 Å². The number of hydrogen-bond donors (Lipinski definition) is 1. The van der Waals surface area contributed by atoms with Crippen LogP contribution in [-0.4, -0.2) is 19.6 Å². The third-order valence-corrected chi connectivity index (χ3v) is 3.78. The summed E-state index contributed by atoms with van der Waals surface area (Å²) in [6.07, 6.45) is 3.57. The van der Waals surface area contributed by atoms with Crippen molar-refractivity contribution in [1.29, 1.82) is 0 Å². The van der Waals surface area contributed by atoms with Gasteiger partial charge in [-0.25, -0.2) is 4.39 Å². The average Bonchev–Trinajstić information content (AvgIpc) is 2.92. The fourth-order valence-corrected chi connectivity index (χ4v) is 2.59. The van der Waals surface area contributed by atoms with Crippen molar-refractivity contribution in [2.45, 2.75) is 6.92 Å². The Kier molecular flexibility index (Phi) is 3.11. The van der Waals surface area contributed by atoms with E-state index in [2.05, 4.69) is 10.2 Å². The maximum Gasteiger partial charge on any atom is 0.158 e. The molecular formula is C14H14ClFN2O. The molecule has 0 bridgehead atoms. The summed E-state index contributed by atoms with van der Waals surface area (Å²) in [5.74, 6) is -0.411. The predicted octanol–water partition coefficient (Wildman–Crippen LogP) is 3.54. The van der Waals surface area contributed by atoms with E-state index >= 15 is 0 Å². The smallest absolute Gasteiger partial charge is 0.158 e. The van der Waals surface area contributed by atoms with Gasteiger partial charge in [0.2, 0.25) is 0 Å². The molecule has 1 aliphatic rings. The maximum atomic E-state index is 13.9. The molecule has 2 aromatic rings. The zero-order chi connectivity index (χ0) is 13.4. The molecular weight excluding hydrogens is 267 g/mol. The van der Waals surface area contributed by atoms with Crippen LogP contribution in [0.4, 0.5) is 10.1 Å². The van der Waals surface area contributed by atoms with Gasteiger partial charge in [0.1, 0.15) is 5.82 Å². The first-order valence-corrected chi connectivity index (χ1v) is 6.57. The summed E-state index contributed by atoms with van der Waals surface area (Å²) in [5, 5.41) is 4.05. The second-order valence-electron chi connectivity index (χ2n) is 4.52. The lowest BCUT2D eigenvalue weighted by Gasteiger charge is -2.31. The highest BCUT2D eigenvalue weighted by atomic mass is 35.5. The van der Waals surface area contributed by atoms with Crippen LogP contribution in [0.15, 0.2) is 34.6 Å². The van der Waals surface area contributed by atoms with Gasteiger partial charge in [-0.2, -0.15) is 0 Å². The second kappa shape index (κ2) is 4.78. The van der Waals surface area contributed by atoms with Crippen molar-refractivity contribution in [3.8, 4) is 0 Å². The number of benzene rings is 1. The molecule has 0 spiro atoms. The topological polar surface area (TPSA) is 28.4 Å². The van der Waals surface area contributed by atoms with E-state index in [0.717, 1.165) is 24.5 Å². The summed E-state index contributed by atoms with van der Waals surface area (Å²) >= 11 is 5.96. The number of piperazine rings is 1. The minimum atomic E-state index is -0.411. The summed E-state index contributed by atoms with van der Waals surface area (Å²) in [4.78, 5) is 2.09. The van der Waals surface area contributed by atoms with Gasteiger partial charge in [0.25, 0.3) is 0 Å². The first kappa shape index (κ1) is 12.4. The first-order valence-electron chi connectivity index (χ1n) is 6.20. The summed E-state index contributed by atoms with van der Waals surface area (Å²) in [5.41, 5.74) is 2.52.